The minimum Gasteiger partial charge on any atom is -0.512 e. The molecule has 5 rings (SSSR count). The van der Waals surface area contributed by atoms with Crippen molar-refractivity contribution in [3.8, 4) is 11.3 Å². The van der Waals surface area contributed by atoms with Gasteiger partial charge < -0.3 is 14.5 Å². The molecule has 7 heteroatoms. The van der Waals surface area contributed by atoms with Gasteiger partial charge in [0.25, 0.3) is 0 Å². The van der Waals surface area contributed by atoms with Gasteiger partial charge in [0.15, 0.2) is 5.78 Å². The number of rotatable bonds is 12. The minimum absolute atomic E-state index is 0. The summed E-state index contributed by atoms with van der Waals surface area (Å²) in [4.78, 5) is 19.6. The van der Waals surface area contributed by atoms with E-state index in [9.17, 15) is 9.90 Å². The standard InChI is InChI=1S/C30H30NOS2.C15H28O2.Ir/c1-8-33-26-10-9-19(14-23(26)30(5,6)7)29-28-22-16-27-21(20(13-17(2)3)18(4)34-27)15-25(22)32-24(28)11-12-31-29;1-7-14(5,8-2)12(16)11-13(17)15(6,9-3)10-4;/h8,10-12,14-17H,1,13H2,2-7H3;11,16H,7-10H2,1-6H3;/q-1;;/b;12-11-;. The Morgan fingerprint density at radius 3 is 2.19 bits per heavy atom. The first-order valence-electron chi connectivity index (χ1n) is 18.5. The molecule has 5 aromatic rings. The van der Waals surface area contributed by atoms with Gasteiger partial charge in [0.05, 0.1) is 0 Å². The molecule has 0 aliphatic heterocycles. The summed E-state index contributed by atoms with van der Waals surface area (Å²) in [5.41, 5.74) is 5.83. The maximum absolute atomic E-state index is 12.2. The molecule has 52 heavy (non-hydrogen) atoms. The largest absolute Gasteiger partial charge is 0.512 e. The number of thiophene rings is 1. The van der Waals surface area contributed by atoms with Crippen LogP contribution in [0.15, 0.2) is 69.7 Å². The van der Waals surface area contributed by atoms with E-state index in [1.54, 1.807) is 11.8 Å². The van der Waals surface area contributed by atoms with Crippen molar-refractivity contribution >= 4 is 60.9 Å². The van der Waals surface area contributed by atoms with Crippen LogP contribution in [-0.4, -0.2) is 15.9 Å². The van der Waals surface area contributed by atoms with Gasteiger partial charge in [-0.1, -0.05) is 87.6 Å². The number of carbonyl (C=O) groups is 1. The van der Waals surface area contributed by atoms with E-state index in [1.807, 2.05) is 70.6 Å². The van der Waals surface area contributed by atoms with Crippen molar-refractivity contribution < 1.29 is 34.4 Å². The number of aromatic nitrogens is 1. The molecule has 0 unspecified atom stereocenters. The van der Waals surface area contributed by atoms with E-state index >= 15 is 0 Å². The first kappa shape index (κ1) is 43.7. The first-order valence-corrected chi connectivity index (χ1v) is 20.2. The first-order chi connectivity index (χ1) is 24.0. The van der Waals surface area contributed by atoms with E-state index in [1.165, 1.54) is 37.1 Å². The number of fused-ring (bicyclic) bond motifs is 4. The second kappa shape index (κ2) is 17.6. The van der Waals surface area contributed by atoms with E-state index in [2.05, 4.69) is 78.5 Å². The van der Waals surface area contributed by atoms with Crippen LogP contribution in [0.1, 0.15) is 118 Å². The zero-order chi connectivity index (χ0) is 37.9. The maximum atomic E-state index is 12.2. The molecule has 0 atom stereocenters. The van der Waals surface area contributed by atoms with E-state index in [0.29, 0.717) is 5.92 Å². The van der Waals surface area contributed by atoms with Gasteiger partial charge in [-0.25, -0.2) is 0 Å². The van der Waals surface area contributed by atoms with Crippen molar-refractivity contribution in [1.29, 1.82) is 0 Å². The van der Waals surface area contributed by atoms with Crippen LogP contribution >= 0.6 is 23.1 Å². The minimum atomic E-state index is -0.337. The zero-order valence-electron chi connectivity index (χ0n) is 33.3. The van der Waals surface area contributed by atoms with Crippen molar-refractivity contribution in [1.82, 2.24) is 4.98 Å². The van der Waals surface area contributed by atoms with Gasteiger partial charge in [-0.3, -0.25) is 4.79 Å². The molecule has 3 heterocycles. The molecule has 0 aliphatic carbocycles. The van der Waals surface area contributed by atoms with Gasteiger partial charge in [-0.2, -0.15) is 11.8 Å². The number of nitrogens with zero attached hydrogens (tertiary/aromatic N) is 1. The molecular formula is C45H58IrNO3S2-. The molecule has 3 aromatic heterocycles. The molecule has 1 N–H and O–H groups in total. The van der Waals surface area contributed by atoms with E-state index in [0.717, 1.165) is 65.3 Å². The fourth-order valence-electron chi connectivity index (χ4n) is 6.42. The Bertz CT molecular complexity index is 2050. The summed E-state index contributed by atoms with van der Waals surface area (Å²) in [6.45, 7) is 29.5. The molecule has 0 saturated carbocycles. The quantitative estimate of drug-likeness (QED) is 0.0585. The molecule has 0 aliphatic rings. The van der Waals surface area contributed by atoms with Gasteiger partial charge in [-0.05, 0) is 90.6 Å². The van der Waals surface area contributed by atoms with E-state index in [4.69, 9.17) is 9.40 Å². The average molecular weight is 917 g/mol. The van der Waals surface area contributed by atoms with Crippen molar-refractivity contribution in [2.45, 2.75) is 125 Å². The summed E-state index contributed by atoms with van der Waals surface area (Å²) in [5.74, 6) is 0.905. The molecule has 0 amide bonds. The monoisotopic (exact) mass is 917 g/mol. The van der Waals surface area contributed by atoms with Crippen LogP contribution < -0.4 is 0 Å². The number of hydrogen-bond acceptors (Lipinski definition) is 6. The normalized spacial score (nSPS) is 12.7. The summed E-state index contributed by atoms with van der Waals surface area (Å²) in [5, 5.41) is 15.5. The molecule has 1 radical (unpaired) electrons. The topological polar surface area (TPSA) is 63.3 Å². The third kappa shape index (κ3) is 9.14. The molecule has 0 spiro atoms. The molecule has 0 fully saturated rings. The Kier molecular flexibility index (Phi) is 14.8. The number of benzene rings is 2. The van der Waals surface area contributed by atoms with Crippen LogP contribution in [0, 0.1) is 29.7 Å². The predicted octanol–water partition coefficient (Wildman–Crippen LogP) is 14.4. The van der Waals surface area contributed by atoms with Crippen molar-refractivity contribution in [2.75, 3.05) is 0 Å². The number of aliphatic hydroxyl groups is 1. The van der Waals surface area contributed by atoms with Gasteiger partial charge in [-0.15, -0.1) is 40.7 Å². The Labute approximate surface area is 334 Å². The van der Waals surface area contributed by atoms with E-state index < -0.39 is 0 Å². The Hall–Kier alpha value is -2.70. The molecule has 0 saturated heterocycles. The van der Waals surface area contributed by atoms with Crippen LogP contribution in [0.25, 0.3) is 43.3 Å². The summed E-state index contributed by atoms with van der Waals surface area (Å²) in [6, 6.07) is 14.3. The van der Waals surface area contributed by atoms with Gasteiger partial charge in [0.2, 0.25) is 0 Å². The Morgan fingerprint density at radius 1 is 1.00 bits per heavy atom. The average Bonchev–Trinajstić information content (AvgIpc) is 3.61. The van der Waals surface area contributed by atoms with Crippen LogP contribution in [0.4, 0.5) is 0 Å². The molecule has 283 valence electrons. The number of pyridine rings is 1. The number of hydrogen-bond donors (Lipinski definition) is 1. The number of thioether (sulfide) groups is 1. The summed E-state index contributed by atoms with van der Waals surface area (Å²) in [6.07, 6.45) is 7.68. The van der Waals surface area contributed by atoms with Crippen LogP contribution in [0.2, 0.25) is 0 Å². The zero-order valence-corrected chi connectivity index (χ0v) is 37.3. The van der Waals surface area contributed by atoms with Gasteiger partial charge in [0, 0.05) is 63.6 Å². The Balaban J connectivity index is 0.000000347. The van der Waals surface area contributed by atoms with Crippen molar-refractivity contribution in [2.24, 2.45) is 16.7 Å². The van der Waals surface area contributed by atoms with Crippen LogP contribution in [0.5, 0.6) is 0 Å². The Morgan fingerprint density at radius 2 is 1.63 bits per heavy atom. The fourth-order valence-corrected chi connectivity index (χ4v) is 8.34. The van der Waals surface area contributed by atoms with Crippen molar-refractivity contribution in [3.63, 3.8) is 0 Å². The molecular weight excluding hydrogens is 859 g/mol. The number of aryl methyl sites for hydroxylation is 1. The third-order valence-corrected chi connectivity index (χ3v) is 12.8. The molecule has 4 nitrogen and oxygen atoms in total. The fraction of sp³-hybridized carbons (Fsp3) is 0.467. The second-order valence-corrected chi connectivity index (χ2v) is 18.1. The number of ketones is 1. The van der Waals surface area contributed by atoms with Gasteiger partial charge >= 0.3 is 0 Å². The molecule has 2 aromatic carbocycles. The number of furan rings is 1. The smallest absolute Gasteiger partial charge is 0.164 e. The van der Waals surface area contributed by atoms with Gasteiger partial charge in [0.1, 0.15) is 16.9 Å². The number of allylic oxidation sites excluding steroid dienone is 2. The predicted molar refractivity (Wildman–Crippen MR) is 222 cm³/mol. The number of carbonyl (C=O) groups excluding carboxylic acids is 1. The SMILES string of the molecule is C=CSc1c[c-]c(-c2nccc3oc4cc5c(CC(C)C)c(C)sc5cc4c23)cc1C(C)(C)C.CCC(C)(CC)C(=O)/C=C(\O)C(C)(CC)CC.[Ir]. The number of aliphatic hydroxyl groups excluding tert-OH is 1. The maximum Gasteiger partial charge on any atom is 0.164 e. The molecule has 0 bridgehead atoms. The van der Waals surface area contributed by atoms with Crippen LogP contribution in [-0.2, 0) is 36.7 Å². The van der Waals surface area contributed by atoms with E-state index in [-0.39, 0.29) is 47.9 Å². The summed E-state index contributed by atoms with van der Waals surface area (Å²) in [7, 11) is 0. The van der Waals surface area contributed by atoms with Crippen LogP contribution in [0.3, 0.4) is 0 Å². The summed E-state index contributed by atoms with van der Waals surface area (Å²) >= 11 is 3.53. The van der Waals surface area contributed by atoms with Crippen molar-refractivity contribution in [3.05, 3.63) is 82.4 Å². The second-order valence-electron chi connectivity index (χ2n) is 15.8. The third-order valence-electron chi connectivity index (χ3n) is 10.9. The summed E-state index contributed by atoms with van der Waals surface area (Å²) < 4.78 is 7.70.